The molecule has 4 rings (SSSR count). The number of hydrogen-bond donors (Lipinski definition) is 3. The fourth-order valence-corrected chi connectivity index (χ4v) is 4.00. The minimum atomic E-state index is 0.382. The Labute approximate surface area is 170 Å². The summed E-state index contributed by atoms with van der Waals surface area (Å²) < 4.78 is 0. The van der Waals surface area contributed by atoms with Gasteiger partial charge >= 0.3 is 0 Å². The molecule has 148 valence electrons. The van der Waals surface area contributed by atoms with Crippen molar-refractivity contribution in [1.82, 2.24) is 25.3 Å². The number of H-pyrrole nitrogens is 1. The van der Waals surface area contributed by atoms with Gasteiger partial charge in [0, 0.05) is 41.5 Å². The van der Waals surface area contributed by atoms with E-state index in [0.29, 0.717) is 29.1 Å². The fourth-order valence-electron chi connectivity index (χ4n) is 3.81. The van der Waals surface area contributed by atoms with Gasteiger partial charge in [-0.1, -0.05) is 25.4 Å². The van der Waals surface area contributed by atoms with Gasteiger partial charge in [-0.3, -0.25) is 0 Å². The minimum Gasteiger partial charge on any atom is -0.351 e. The number of fused-ring (bicyclic) bond motifs is 1. The van der Waals surface area contributed by atoms with Gasteiger partial charge in [0.25, 0.3) is 0 Å². The van der Waals surface area contributed by atoms with Crippen molar-refractivity contribution in [2.24, 2.45) is 5.92 Å². The Balaban J connectivity index is 1.45. The van der Waals surface area contributed by atoms with E-state index in [2.05, 4.69) is 39.4 Å². The summed E-state index contributed by atoms with van der Waals surface area (Å²) in [6.07, 6.45) is 8.26. The number of anilines is 1. The van der Waals surface area contributed by atoms with Gasteiger partial charge in [-0.05, 0) is 50.3 Å². The Morgan fingerprint density at radius 2 is 1.96 bits per heavy atom. The van der Waals surface area contributed by atoms with E-state index in [0.717, 1.165) is 41.7 Å². The number of pyridine rings is 1. The number of aromatic amines is 1. The summed E-state index contributed by atoms with van der Waals surface area (Å²) in [5.74, 6) is 1.29. The van der Waals surface area contributed by atoms with Crippen molar-refractivity contribution in [3.05, 3.63) is 35.7 Å². The molecule has 7 heteroatoms. The van der Waals surface area contributed by atoms with E-state index in [-0.39, 0.29) is 0 Å². The summed E-state index contributed by atoms with van der Waals surface area (Å²) in [5, 5.41) is 8.64. The first kappa shape index (κ1) is 19.2. The zero-order chi connectivity index (χ0) is 19.5. The van der Waals surface area contributed by atoms with Gasteiger partial charge in [0.1, 0.15) is 10.8 Å². The predicted octanol–water partition coefficient (Wildman–Crippen LogP) is 4.64. The third kappa shape index (κ3) is 4.45. The van der Waals surface area contributed by atoms with Crippen molar-refractivity contribution in [2.75, 3.05) is 11.9 Å². The maximum atomic E-state index is 6.30. The predicted molar refractivity (Wildman–Crippen MR) is 115 cm³/mol. The molecule has 0 aliphatic heterocycles. The van der Waals surface area contributed by atoms with Gasteiger partial charge < -0.3 is 15.6 Å². The summed E-state index contributed by atoms with van der Waals surface area (Å²) in [7, 11) is 0. The van der Waals surface area contributed by atoms with Crippen molar-refractivity contribution >= 4 is 28.6 Å². The number of halogens is 1. The molecule has 0 radical (unpaired) electrons. The van der Waals surface area contributed by atoms with Gasteiger partial charge in [0.05, 0.1) is 5.69 Å². The second-order valence-electron chi connectivity index (χ2n) is 8.00. The zero-order valence-corrected chi connectivity index (χ0v) is 17.1. The Hall–Kier alpha value is -2.18. The lowest BCUT2D eigenvalue weighted by Gasteiger charge is -2.30. The molecule has 0 aromatic carbocycles. The maximum absolute atomic E-state index is 6.30. The van der Waals surface area contributed by atoms with Crippen LogP contribution in [0.4, 0.5) is 5.95 Å². The van der Waals surface area contributed by atoms with E-state index in [9.17, 15) is 0 Å². The van der Waals surface area contributed by atoms with Crippen molar-refractivity contribution in [3.63, 3.8) is 0 Å². The fraction of sp³-hybridized carbons (Fsp3) is 0.476. The molecule has 0 unspecified atom stereocenters. The van der Waals surface area contributed by atoms with Crippen LogP contribution in [0.1, 0.15) is 39.5 Å². The van der Waals surface area contributed by atoms with Gasteiger partial charge in [-0.15, -0.1) is 0 Å². The molecule has 0 spiro atoms. The number of rotatable bonds is 6. The molecule has 1 aliphatic rings. The summed E-state index contributed by atoms with van der Waals surface area (Å²) in [6.45, 7) is 5.58. The standard InChI is InChI=1S/C21H27ClN6/c1-13(2)11-24-14-5-7-15(8-6-14)26-21-27-18(10-19(22)28-21)17-12-25-20-16(17)4-3-9-23-20/h3-4,9-10,12-15,24H,5-8,11H2,1-2H3,(H,23,25)(H,26,27,28)/t14-,15-. The first-order valence-corrected chi connectivity index (χ1v) is 10.4. The maximum Gasteiger partial charge on any atom is 0.224 e. The summed E-state index contributed by atoms with van der Waals surface area (Å²) in [4.78, 5) is 16.7. The van der Waals surface area contributed by atoms with Gasteiger partial charge in [-0.2, -0.15) is 0 Å². The summed E-state index contributed by atoms with van der Waals surface area (Å²) >= 11 is 6.30. The van der Waals surface area contributed by atoms with Crippen molar-refractivity contribution < 1.29 is 0 Å². The molecule has 3 aromatic heterocycles. The molecular weight excluding hydrogens is 372 g/mol. The van der Waals surface area contributed by atoms with Gasteiger partial charge in [0.2, 0.25) is 5.95 Å². The summed E-state index contributed by atoms with van der Waals surface area (Å²) in [6, 6.07) is 6.76. The molecular formula is C21H27ClN6. The topological polar surface area (TPSA) is 78.5 Å². The molecule has 0 bridgehead atoms. The average molecular weight is 399 g/mol. The van der Waals surface area contributed by atoms with Crippen molar-refractivity contribution in [3.8, 4) is 11.3 Å². The Kier molecular flexibility index (Phi) is 5.78. The number of nitrogens with one attached hydrogen (secondary N) is 3. The van der Waals surface area contributed by atoms with Crippen LogP contribution in [0, 0.1) is 5.92 Å². The van der Waals surface area contributed by atoms with Crippen LogP contribution in [0.5, 0.6) is 0 Å². The number of hydrogen-bond acceptors (Lipinski definition) is 5. The first-order valence-electron chi connectivity index (χ1n) is 10.1. The molecule has 0 saturated heterocycles. The summed E-state index contributed by atoms with van der Waals surface area (Å²) in [5.41, 5.74) is 2.63. The van der Waals surface area contributed by atoms with Crippen LogP contribution in [0.2, 0.25) is 5.15 Å². The molecule has 1 fully saturated rings. The second kappa shape index (κ2) is 8.45. The van der Waals surface area contributed by atoms with Gasteiger partial charge in [-0.25, -0.2) is 15.0 Å². The first-order chi connectivity index (χ1) is 13.6. The van der Waals surface area contributed by atoms with E-state index >= 15 is 0 Å². The molecule has 1 aliphatic carbocycles. The third-order valence-corrected chi connectivity index (χ3v) is 5.49. The van der Waals surface area contributed by atoms with Crippen molar-refractivity contribution in [1.29, 1.82) is 0 Å². The number of nitrogens with zero attached hydrogens (tertiary/aromatic N) is 3. The van der Waals surface area contributed by atoms with Crippen molar-refractivity contribution in [2.45, 2.75) is 51.6 Å². The van der Waals surface area contributed by atoms with Crippen LogP contribution in [0.25, 0.3) is 22.3 Å². The molecule has 3 N–H and O–H groups in total. The SMILES string of the molecule is CC(C)CN[C@H]1CC[C@H](Nc2nc(Cl)cc(-c3c[nH]c4ncccc34)n2)CC1. The van der Waals surface area contributed by atoms with E-state index in [4.69, 9.17) is 16.6 Å². The largest absolute Gasteiger partial charge is 0.351 e. The molecule has 3 aromatic rings. The van der Waals surface area contributed by atoms with Crippen LogP contribution in [-0.2, 0) is 0 Å². The monoisotopic (exact) mass is 398 g/mol. The highest BCUT2D eigenvalue weighted by Gasteiger charge is 2.22. The van der Waals surface area contributed by atoms with Crippen LogP contribution < -0.4 is 10.6 Å². The van der Waals surface area contributed by atoms with E-state index in [1.54, 1.807) is 12.3 Å². The molecule has 0 atom stereocenters. The van der Waals surface area contributed by atoms with Crippen LogP contribution in [0.15, 0.2) is 30.6 Å². The molecule has 0 amide bonds. The Morgan fingerprint density at radius 3 is 2.75 bits per heavy atom. The third-order valence-electron chi connectivity index (χ3n) is 5.30. The zero-order valence-electron chi connectivity index (χ0n) is 16.4. The van der Waals surface area contributed by atoms with Crippen LogP contribution in [0.3, 0.4) is 0 Å². The highest BCUT2D eigenvalue weighted by atomic mass is 35.5. The number of aromatic nitrogens is 4. The molecule has 28 heavy (non-hydrogen) atoms. The van der Waals surface area contributed by atoms with E-state index in [1.807, 2.05) is 18.3 Å². The molecule has 3 heterocycles. The molecule has 1 saturated carbocycles. The van der Waals surface area contributed by atoms with Crippen LogP contribution >= 0.6 is 11.6 Å². The molecule has 6 nitrogen and oxygen atoms in total. The van der Waals surface area contributed by atoms with Gasteiger partial charge in [0.15, 0.2) is 0 Å². The van der Waals surface area contributed by atoms with Crippen LogP contribution in [-0.4, -0.2) is 38.6 Å². The lowest BCUT2D eigenvalue weighted by Crippen LogP contribution is -2.38. The minimum absolute atomic E-state index is 0.382. The van der Waals surface area contributed by atoms with E-state index < -0.39 is 0 Å². The highest BCUT2D eigenvalue weighted by Crippen LogP contribution is 2.29. The highest BCUT2D eigenvalue weighted by molar-refractivity contribution is 6.29. The normalized spacial score (nSPS) is 20.0. The lowest BCUT2D eigenvalue weighted by molar-refractivity contribution is 0.341. The van der Waals surface area contributed by atoms with E-state index in [1.165, 1.54) is 12.8 Å². The lowest BCUT2D eigenvalue weighted by atomic mass is 9.91. The Morgan fingerprint density at radius 1 is 1.18 bits per heavy atom. The quantitative estimate of drug-likeness (QED) is 0.527. The Bertz CT molecular complexity index is 930. The second-order valence-corrected chi connectivity index (χ2v) is 8.38. The smallest absolute Gasteiger partial charge is 0.224 e. The average Bonchev–Trinajstić information content (AvgIpc) is 3.11.